The highest BCUT2D eigenvalue weighted by Crippen LogP contribution is 2.56. The van der Waals surface area contributed by atoms with Crippen molar-refractivity contribution in [2.75, 3.05) is 26.4 Å². The number of ether oxygens (including phenoxy) is 4. The van der Waals surface area contributed by atoms with Crippen LogP contribution in [0.2, 0.25) is 0 Å². The molecule has 0 spiro atoms. The Kier molecular flexibility index (Phi) is 9.98. The van der Waals surface area contributed by atoms with Gasteiger partial charge >= 0.3 is 11.9 Å². The zero-order valence-corrected chi connectivity index (χ0v) is 30.2. The van der Waals surface area contributed by atoms with Crippen LogP contribution < -0.4 is 9.47 Å². The summed E-state index contributed by atoms with van der Waals surface area (Å²) >= 11 is 8.23. The first-order chi connectivity index (χ1) is 24.8. The van der Waals surface area contributed by atoms with Gasteiger partial charge in [-0.1, -0.05) is 84.9 Å². The predicted molar refractivity (Wildman–Crippen MR) is 209 cm³/mol. The number of hydrogen-bond donors (Lipinski definition) is 2. The van der Waals surface area contributed by atoms with Crippen LogP contribution in [0.5, 0.6) is 11.5 Å². The van der Waals surface area contributed by atoms with E-state index in [0.717, 1.165) is 21.5 Å². The molecule has 1 aliphatic rings. The molecule has 0 aromatic heterocycles. The van der Waals surface area contributed by atoms with Crippen LogP contribution in [0, 0.1) is 0 Å². The second-order valence-corrected chi connectivity index (χ2v) is 14.2. The molecule has 0 bridgehead atoms. The lowest BCUT2D eigenvalue weighted by atomic mass is 9.67. The van der Waals surface area contributed by atoms with E-state index in [2.05, 4.69) is 122 Å². The van der Waals surface area contributed by atoms with Crippen molar-refractivity contribution in [2.24, 2.45) is 0 Å². The molecule has 8 heteroatoms. The fourth-order valence-corrected chi connectivity index (χ4v) is 7.11. The number of fused-ring (bicyclic) bond motifs is 5. The largest absolute Gasteiger partial charge is 0.490 e. The van der Waals surface area contributed by atoms with Gasteiger partial charge in [0, 0.05) is 0 Å². The number of benzene rings is 6. The quantitative estimate of drug-likeness (QED) is 0.0749. The molecule has 6 aromatic carbocycles. The van der Waals surface area contributed by atoms with Gasteiger partial charge in [0.1, 0.15) is 37.9 Å². The summed E-state index contributed by atoms with van der Waals surface area (Å²) in [5.41, 5.74) is 6.68. The summed E-state index contributed by atoms with van der Waals surface area (Å²) in [6, 6.07) is 42.8. The summed E-state index contributed by atoms with van der Waals surface area (Å²) in [7, 11) is 0. The van der Waals surface area contributed by atoms with E-state index in [1.807, 2.05) is 24.3 Å². The van der Waals surface area contributed by atoms with Gasteiger partial charge in [-0.3, -0.25) is 9.59 Å². The first-order valence-corrected chi connectivity index (χ1v) is 18.0. The lowest BCUT2D eigenvalue weighted by Crippen LogP contribution is -2.28. The summed E-state index contributed by atoms with van der Waals surface area (Å²) in [4.78, 5) is 23.5. The van der Waals surface area contributed by atoms with Gasteiger partial charge in [-0.2, -0.15) is 25.3 Å². The Morgan fingerprint density at radius 1 is 0.529 bits per heavy atom. The van der Waals surface area contributed by atoms with Crippen LogP contribution >= 0.6 is 25.3 Å². The number of thiol groups is 2. The maximum absolute atomic E-state index is 11.7. The predicted octanol–water partition coefficient (Wildman–Crippen LogP) is 8.84. The van der Waals surface area contributed by atoms with E-state index in [1.165, 1.54) is 33.4 Å². The van der Waals surface area contributed by atoms with Crippen LogP contribution in [0.15, 0.2) is 121 Å². The fourth-order valence-electron chi connectivity index (χ4n) is 6.96. The zero-order chi connectivity index (χ0) is 35.5. The fraction of sp³-hybridized carbons (Fsp3) is 0.209. The molecule has 6 nitrogen and oxygen atoms in total. The molecule has 0 fully saturated rings. The van der Waals surface area contributed by atoms with E-state index in [-0.39, 0.29) is 38.4 Å². The number of carbonyl (C=O) groups excluding carboxylic acids is 2. The van der Waals surface area contributed by atoms with E-state index >= 15 is 0 Å². The number of rotatable bonds is 12. The van der Waals surface area contributed by atoms with E-state index in [4.69, 9.17) is 18.9 Å². The van der Waals surface area contributed by atoms with E-state index < -0.39 is 15.9 Å². The minimum Gasteiger partial charge on any atom is -0.490 e. The minimum atomic E-state index is -0.568. The lowest BCUT2D eigenvalue weighted by molar-refractivity contribution is -0.144. The topological polar surface area (TPSA) is 71.1 Å². The summed E-state index contributed by atoms with van der Waals surface area (Å²) in [6.07, 6.45) is 0. The molecule has 0 N–H and O–H groups in total. The van der Waals surface area contributed by atoms with Crippen LogP contribution in [0.25, 0.3) is 32.7 Å². The first kappa shape index (κ1) is 34.5. The Balaban J connectivity index is 1.24. The van der Waals surface area contributed by atoms with Crippen molar-refractivity contribution in [3.05, 3.63) is 144 Å². The smallest absolute Gasteiger partial charge is 0.318 e. The Labute approximate surface area is 308 Å². The van der Waals surface area contributed by atoms with Gasteiger partial charge in [0.25, 0.3) is 0 Å². The number of hydrogen-bond acceptors (Lipinski definition) is 8. The molecule has 2 unspecified atom stereocenters. The minimum absolute atomic E-state index is 0.162. The molecule has 6 aromatic rings. The third-order valence-corrected chi connectivity index (χ3v) is 9.74. The molecule has 0 amide bonds. The molecule has 1 aliphatic carbocycles. The van der Waals surface area contributed by atoms with Gasteiger partial charge in [-0.15, -0.1) is 0 Å². The highest BCUT2D eigenvalue weighted by atomic mass is 32.1. The normalized spacial score (nSPS) is 14.0. The third kappa shape index (κ3) is 6.78. The summed E-state index contributed by atoms with van der Waals surface area (Å²) in [5.74, 6) is 0.696. The van der Waals surface area contributed by atoms with E-state index in [0.29, 0.717) is 11.5 Å². The first-order valence-electron chi connectivity index (χ1n) is 17.0. The average Bonchev–Trinajstić information content (AvgIpc) is 3.45. The summed E-state index contributed by atoms with van der Waals surface area (Å²) < 4.78 is 22.2. The molecule has 0 aliphatic heterocycles. The molecule has 0 saturated carbocycles. The number of carbonyl (C=O) groups is 2. The monoisotopic (exact) mass is 714 g/mol. The molecule has 0 radical (unpaired) electrons. The lowest BCUT2D eigenvalue weighted by Gasteiger charge is -2.34. The van der Waals surface area contributed by atoms with Gasteiger partial charge in [0.05, 0.1) is 15.9 Å². The second-order valence-electron chi connectivity index (χ2n) is 12.7. The van der Waals surface area contributed by atoms with Gasteiger partial charge in [-0.05, 0) is 105 Å². The van der Waals surface area contributed by atoms with Crippen molar-refractivity contribution in [3.63, 3.8) is 0 Å². The van der Waals surface area contributed by atoms with Gasteiger partial charge in [0.2, 0.25) is 0 Å². The van der Waals surface area contributed by atoms with Crippen LogP contribution in [0.3, 0.4) is 0 Å². The zero-order valence-electron chi connectivity index (χ0n) is 28.4. The molecule has 0 saturated heterocycles. The van der Waals surface area contributed by atoms with E-state index in [1.54, 1.807) is 13.8 Å². The standard InChI is InChI=1S/C43H38O6S2/c1-27(50)41(44)48-21-19-46-35-17-13-29-23-33(15-11-31(29)25-35)43(39-9-5-3-7-37(39)38-8-4-6-10-40(38)43)34-16-12-32-26-36(18-14-30(32)24-34)47-20-22-49-42(45)28(2)51/h3-18,23-28,50-51H,19-22H2,1-2H3. The molecular formula is C43H38O6S2. The maximum Gasteiger partial charge on any atom is 0.318 e. The van der Waals surface area contributed by atoms with E-state index in [9.17, 15) is 9.59 Å². The SMILES string of the molecule is CC(S)C(=O)OCCOc1ccc2cc(C3(c4ccc5cc(OCCOC(=O)C(C)S)ccc5c4)c4ccccc4-c4ccccc43)ccc2c1. The third-order valence-electron chi connectivity index (χ3n) is 9.32. The molecule has 0 heterocycles. The molecule has 2 atom stereocenters. The van der Waals surface area contributed by atoms with Crippen molar-refractivity contribution < 1.29 is 28.5 Å². The van der Waals surface area contributed by atoms with Gasteiger partial charge < -0.3 is 18.9 Å². The Morgan fingerprint density at radius 2 is 0.922 bits per heavy atom. The molecule has 7 rings (SSSR count). The Morgan fingerprint density at radius 3 is 1.35 bits per heavy atom. The molecule has 258 valence electrons. The summed E-state index contributed by atoms with van der Waals surface area (Å²) in [6.45, 7) is 4.20. The molecule has 51 heavy (non-hydrogen) atoms. The van der Waals surface area contributed by atoms with Crippen molar-refractivity contribution in [3.8, 4) is 22.6 Å². The van der Waals surface area contributed by atoms with Crippen molar-refractivity contribution >= 4 is 58.7 Å². The Hall–Kier alpha value is -4.92. The van der Waals surface area contributed by atoms with Gasteiger partial charge in [-0.25, -0.2) is 0 Å². The van der Waals surface area contributed by atoms with Crippen molar-refractivity contribution in [1.29, 1.82) is 0 Å². The van der Waals surface area contributed by atoms with Crippen LogP contribution in [0.1, 0.15) is 36.1 Å². The number of esters is 2. The van der Waals surface area contributed by atoms with Crippen molar-refractivity contribution in [2.45, 2.75) is 29.8 Å². The molecular weight excluding hydrogens is 677 g/mol. The second kappa shape index (κ2) is 14.7. The average molecular weight is 715 g/mol. The van der Waals surface area contributed by atoms with Crippen LogP contribution in [-0.4, -0.2) is 48.9 Å². The summed E-state index contributed by atoms with van der Waals surface area (Å²) in [5, 5.41) is 3.34. The van der Waals surface area contributed by atoms with Crippen LogP contribution in [0.4, 0.5) is 0 Å². The highest BCUT2D eigenvalue weighted by Gasteiger charge is 2.46. The van der Waals surface area contributed by atoms with Gasteiger partial charge in [0.15, 0.2) is 0 Å². The maximum atomic E-state index is 11.7. The van der Waals surface area contributed by atoms with Crippen molar-refractivity contribution in [1.82, 2.24) is 0 Å². The Bertz CT molecular complexity index is 2090. The van der Waals surface area contributed by atoms with Crippen LogP contribution in [-0.2, 0) is 24.5 Å². The highest BCUT2D eigenvalue weighted by molar-refractivity contribution is 7.82.